The molecule has 0 heterocycles. The zero-order chi connectivity index (χ0) is 15.6. The summed E-state index contributed by atoms with van der Waals surface area (Å²) in [5.41, 5.74) is 1.37. The monoisotopic (exact) mass is 323 g/mol. The average molecular weight is 324 g/mol. The van der Waals surface area contributed by atoms with Crippen LogP contribution in [-0.4, -0.2) is 23.0 Å². The molecule has 1 N–H and O–H groups in total. The maximum Gasteiger partial charge on any atom is 0.254 e. The van der Waals surface area contributed by atoms with Crippen molar-refractivity contribution in [3.05, 3.63) is 63.6 Å². The van der Waals surface area contributed by atoms with Gasteiger partial charge in [0.25, 0.3) is 5.91 Å². The first kappa shape index (κ1) is 15.7. The van der Waals surface area contributed by atoms with E-state index in [0.717, 1.165) is 5.56 Å². The van der Waals surface area contributed by atoms with E-state index in [1.165, 1.54) is 0 Å². The van der Waals surface area contributed by atoms with Crippen LogP contribution < -0.4 is 0 Å². The molecule has 3 nitrogen and oxygen atoms in total. The van der Waals surface area contributed by atoms with Gasteiger partial charge in [0.05, 0.1) is 6.04 Å². The van der Waals surface area contributed by atoms with Gasteiger partial charge in [-0.1, -0.05) is 35.3 Å². The van der Waals surface area contributed by atoms with Crippen molar-refractivity contribution in [3.8, 4) is 5.75 Å². The molecule has 0 aromatic heterocycles. The Morgan fingerprint density at radius 1 is 1.10 bits per heavy atom. The molecule has 21 heavy (non-hydrogen) atoms. The normalized spacial score (nSPS) is 12.0. The molecule has 5 heteroatoms. The van der Waals surface area contributed by atoms with Gasteiger partial charge in [-0.15, -0.1) is 0 Å². The van der Waals surface area contributed by atoms with Crippen LogP contribution in [0.15, 0.2) is 42.5 Å². The molecule has 1 amide bonds. The topological polar surface area (TPSA) is 40.5 Å². The molecule has 0 spiro atoms. The van der Waals surface area contributed by atoms with E-state index in [-0.39, 0.29) is 17.7 Å². The average Bonchev–Trinajstić information content (AvgIpc) is 2.44. The van der Waals surface area contributed by atoms with Crippen LogP contribution in [-0.2, 0) is 0 Å². The Hall–Kier alpha value is -1.71. The molecule has 1 atom stereocenters. The van der Waals surface area contributed by atoms with E-state index in [1.54, 1.807) is 54.4 Å². The molecule has 0 aliphatic rings. The fourth-order valence-electron chi connectivity index (χ4n) is 2.03. The highest BCUT2D eigenvalue weighted by Crippen LogP contribution is 2.25. The third-order valence-corrected chi connectivity index (χ3v) is 3.82. The lowest BCUT2D eigenvalue weighted by Crippen LogP contribution is -2.29. The van der Waals surface area contributed by atoms with Crippen molar-refractivity contribution < 1.29 is 9.90 Å². The first-order chi connectivity index (χ1) is 9.88. The van der Waals surface area contributed by atoms with Crippen LogP contribution in [0.3, 0.4) is 0 Å². The number of hydrogen-bond acceptors (Lipinski definition) is 2. The van der Waals surface area contributed by atoms with Gasteiger partial charge in [0.15, 0.2) is 0 Å². The molecule has 2 aromatic rings. The fraction of sp³-hybridized carbons (Fsp3) is 0.188. The highest BCUT2D eigenvalue weighted by Gasteiger charge is 2.19. The summed E-state index contributed by atoms with van der Waals surface area (Å²) < 4.78 is 0. The van der Waals surface area contributed by atoms with Gasteiger partial charge in [-0.05, 0) is 42.8 Å². The van der Waals surface area contributed by atoms with Crippen molar-refractivity contribution in [2.75, 3.05) is 7.05 Å². The third kappa shape index (κ3) is 3.69. The second-order valence-electron chi connectivity index (χ2n) is 4.84. The Morgan fingerprint density at radius 3 is 2.14 bits per heavy atom. The summed E-state index contributed by atoms with van der Waals surface area (Å²) in [6, 6.07) is 11.4. The number of nitrogens with zero attached hydrogens (tertiary/aromatic N) is 1. The van der Waals surface area contributed by atoms with Gasteiger partial charge in [0, 0.05) is 22.7 Å². The molecule has 0 saturated carbocycles. The van der Waals surface area contributed by atoms with E-state index in [9.17, 15) is 9.90 Å². The Bertz CT molecular complexity index is 636. The van der Waals surface area contributed by atoms with Crippen LogP contribution >= 0.6 is 23.2 Å². The molecule has 1 unspecified atom stereocenters. The number of benzene rings is 2. The van der Waals surface area contributed by atoms with E-state index >= 15 is 0 Å². The zero-order valence-electron chi connectivity index (χ0n) is 11.7. The smallest absolute Gasteiger partial charge is 0.254 e. The molecule has 0 saturated heterocycles. The minimum Gasteiger partial charge on any atom is -0.508 e. The number of halogens is 2. The number of hydrogen-bond donors (Lipinski definition) is 1. The Balaban J connectivity index is 2.23. The molecular formula is C16H15Cl2NO2. The zero-order valence-corrected chi connectivity index (χ0v) is 13.2. The number of carbonyl (C=O) groups excluding carboxylic acids is 1. The summed E-state index contributed by atoms with van der Waals surface area (Å²) in [6.07, 6.45) is 0. The molecular weight excluding hydrogens is 309 g/mol. The maximum absolute atomic E-state index is 12.5. The quantitative estimate of drug-likeness (QED) is 0.901. The van der Waals surface area contributed by atoms with E-state index in [1.807, 2.05) is 6.92 Å². The summed E-state index contributed by atoms with van der Waals surface area (Å²) >= 11 is 11.9. The van der Waals surface area contributed by atoms with Crippen LogP contribution in [0.1, 0.15) is 28.9 Å². The fourth-order valence-corrected chi connectivity index (χ4v) is 2.56. The summed E-state index contributed by atoms with van der Waals surface area (Å²) in [6.45, 7) is 1.91. The summed E-state index contributed by atoms with van der Waals surface area (Å²) in [5, 5.41) is 10.2. The standard InChI is InChI=1S/C16H15Cl2NO2/c1-10(11-3-5-15(20)6-4-11)19(2)16(21)12-7-13(17)9-14(18)8-12/h3-10,20H,1-2H3. The molecule has 2 rings (SSSR count). The number of amides is 1. The van der Waals surface area contributed by atoms with Crippen molar-refractivity contribution in [3.63, 3.8) is 0 Å². The van der Waals surface area contributed by atoms with E-state index in [2.05, 4.69) is 0 Å². The molecule has 0 aliphatic carbocycles. The highest BCUT2D eigenvalue weighted by atomic mass is 35.5. The maximum atomic E-state index is 12.5. The third-order valence-electron chi connectivity index (χ3n) is 3.39. The van der Waals surface area contributed by atoms with E-state index in [4.69, 9.17) is 23.2 Å². The Labute approximate surface area is 133 Å². The van der Waals surface area contributed by atoms with Crippen LogP contribution in [0.4, 0.5) is 0 Å². The van der Waals surface area contributed by atoms with Gasteiger partial charge in [-0.2, -0.15) is 0 Å². The lowest BCUT2D eigenvalue weighted by molar-refractivity contribution is 0.0742. The number of rotatable bonds is 3. The lowest BCUT2D eigenvalue weighted by atomic mass is 10.1. The summed E-state index contributed by atoms with van der Waals surface area (Å²) in [5.74, 6) is 0.0292. The second-order valence-corrected chi connectivity index (χ2v) is 5.71. The van der Waals surface area contributed by atoms with Crippen LogP contribution in [0.5, 0.6) is 5.75 Å². The number of carbonyl (C=O) groups is 1. The van der Waals surface area contributed by atoms with Crippen molar-refractivity contribution in [1.29, 1.82) is 0 Å². The number of aromatic hydroxyl groups is 1. The molecule has 0 aliphatic heterocycles. The van der Waals surface area contributed by atoms with Crippen molar-refractivity contribution in [2.24, 2.45) is 0 Å². The Morgan fingerprint density at radius 2 is 1.62 bits per heavy atom. The van der Waals surface area contributed by atoms with Crippen molar-refractivity contribution in [2.45, 2.75) is 13.0 Å². The first-order valence-electron chi connectivity index (χ1n) is 6.40. The number of phenols is 1. The lowest BCUT2D eigenvalue weighted by Gasteiger charge is -2.25. The van der Waals surface area contributed by atoms with Crippen LogP contribution in [0, 0.1) is 0 Å². The predicted molar refractivity (Wildman–Crippen MR) is 85.1 cm³/mol. The van der Waals surface area contributed by atoms with Gasteiger partial charge >= 0.3 is 0 Å². The molecule has 0 radical (unpaired) electrons. The minimum absolute atomic E-state index is 0.143. The van der Waals surface area contributed by atoms with Crippen LogP contribution in [0.2, 0.25) is 10.0 Å². The molecule has 0 bridgehead atoms. The largest absolute Gasteiger partial charge is 0.508 e. The summed E-state index contributed by atoms with van der Waals surface area (Å²) in [4.78, 5) is 14.1. The van der Waals surface area contributed by atoms with Gasteiger partial charge in [0.2, 0.25) is 0 Å². The van der Waals surface area contributed by atoms with Gasteiger partial charge in [-0.3, -0.25) is 4.79 Å². The predicted octanol–water partition coefficient (Wildman–Crippen LogP) is 4.53. The molecule has 110 valence electrons. The van der Waals surface area contributed by atoms with Gasteiger partial charge < -0.3 is 10.0 Å². The van der Waals surface area contributed by atoms with Crippen molar-refractivity contribution in [1.82, 2.24) is 4.90 Å². The minimum atomic E-state index is -0.167. The van der Waals surface area contributed by atoms with Gasteiger partial charge in [0.1, 0.15) is 5.75 Å². The molecule has 2 aromatic carbocycles. The first-order valence-corrected chi connectivity index (χ1v) is 7.16. The van der Waals surface area contributed by atoms with E-state index in [0.29, 0.717) is 15.6 Å². The van der Waals surface area contributed by atoms with Crippen molar-refractivity contribution >= 4 is 29.1 Å². The molecule has 0 fully saturated rings. The highest BCUT2D eigenvalue weighted by molar-refractivity contribution is 6.35. The van der Waals surface area contributed by atoms with Crippen LogP contribution in [0.25, 0.3) is 0 Å². The summed E-state index contributed by atoms with van der Waals surface area (Å²) in [7, 11) is 1.72. The Kier molecular flexibility index (Phi) is 4.76. The number of phenolic OH excluding ortho intramolecular Hbond substituents is 1. The second kappa shape index (κ2) is 6.37. The van der Waals surface area contributed by atoms with Gasteiger partial charge in [-0.25, -0.2) is 0 Å². The van der Waals surface area contributed by atoms with E-state index < -0.39 is 0 Å². The SMILES string of the molecule is CC(c1ccc(O)cc1)N(C)C(=O)c1cc(Cl)cc(Cl)c1.